The lowest BCUT2D eigenvalue weighted by Gasteiger charge is -2.27. The molecule has 0 saturated carbocycles. The number of nitrogens with zero attached hydrogens (tertiary/aromatic N) is 1. The number of benzene rings is 2. The van der Waals surface area contributed by atoms with Gasteiger partial charge in [-0.3, -0.25) is 9.59 Å². The summed E-state index contributed by atoms with van der Waals surface area (Å²) in [6.45, 7) is 2.02. The number of hydrogen-bond acceptors (Lipinski definition) is 7. The van der Waals surface area contributed by atoms with E-state index < -0.39 is 27.3 Å². The normalized spacial score (nSPS) is 17.8. The number of primary amides is 1. The van der Waals surface area contributed by atoms with Crippen LogP contribution in [0.3, 0.4) is 0 Å². The van der Waals surface area contributed by atoms with Crippen molar-refractivity contribution in [2.75, 3.05) is 18.0 Å². The Morgan fingerprint density at radius 3 is 2.50 bits per heavy atom. The number of amides is 2. The van der Waals surface area contributed by atoms with E-state index in [1.807, 2.05) is 0 Å². The van der Waals surface area contributed by atoms with Crippen LogP contribution < -0.4 is 19.5 Å². The third kappa shape index (κ3) is 2.98. The number of nitrogens with two attached hydrogens (primary N) is 1. The topological polar surface area (TPSA) is 116 Å². The van der Waals surface area contributed by atoms with Gasteiger partial charge in [-0.2, -0.15) is 8.42 Å². The molecule has 0 aliphatic carbocycles. The van der Waals surface area contributed by atoms with Crippen LogP contribution in [0.4, 0.5) is 5.69 Å². The number of carbonyl (C=O) groups excluding carboxylic acids is 2. The Morgan fingerprint density at radius 1 is 1.12 bits per heavy atom. The fourth-order valence-electron chi connectivity index (χ4n) is 3.92. The number of fused-ring (bicyclic) bond motifs is 1. The third-order valence-corrected chi connectivity index (χ3v) is 8.35. The van der Waals surface area contributed by atoms with Gasteiger partial charge in [0.25, 0.3) is 15.9 Å². The van der Waals surface area contributed by atoms with Gasteiger partial charge in [0.05, 0.1) is 19.4 Å². The molecule has 2 amide bonds. The summed E-state index contributed by atoms with van der Waals surface area (Å²) in [6, 6.07) is 13.9. The zero-order chi connectivity index (χ0) is 23.1. The van der Waals surface area contributed by atoms with Crippen LogP contribution in [0, 0.1) is 0 Å². The highest BCUT2D eigenvalue weighted by Crippen LogP contribution is 2.51. The quantitative estimate of drug-likeness (QED) is 0.529. The molecular formula is C22H20N2O6S2. The van der Waals surface area contributed by atoms with E-state index in [2.05, 4.69) is 0 Å². The molecule has 1 aliphatic heterocycles. The summed E-state index contributed by atoms with van der Waals surface area (Å²) in [5, 5.41) is 1.59. The lowest BCUT2D eigenvalue weighted by molar-refractivity contribution is -0.131. The number of ether oxygens (including phenoxy) is 2. The van der Waals surface area contributed by atoms with Crippen molar-refractivity contribution in [2.24, 2.45) is 5.73 Å². The first-order valence-corrected chi connectivity index (χ1v) is 12.0. The van der Waals surface area contributed by atoms with E-state index in [1.165, 1.54) is 37.4 Å². The number of hydrogen-bond donors (Lipinski definition) is 1. The molecule has 0 bridgehead atoms. The lowest BCUT2D eigenvalue weighted by Crippen LogP contribution is -2.51. The first-order chi connectivity index (χ1) is 15.3. The van der Waals surface area contributed by atoms with Crippen LogP contribution in [0.25, 0.3) is 0 Å². The van der Waals surface area contributed by atoms with Crippen LogP contribution in [-0.4, -0.2) is 33.9 Å². The first-order valence-electron chi connectivity index (χ1n) is 9.64. The van der Waals surface area contributed by atoms with Crippen molar-refractivity contribution in [3.05, 3.63) is 71.1 Å². The number of rotatable bonds is 7. The second kappa shape index (κ2) is 7.95. The standard InChI is InChI=1S/C22H20N2O6S2/c1-3-30-18-8-5-4-7-15(18)22(20(23)25)16-13-14(29-2)10-11-17(16)24(21(22)26)32(27,28)19-9-6-12-31-19/h4-13H,3H2,1-2H3,(H2,23,25). The van der Waals surface area contributed by atoms with Crippen molar-refractivity contribution < 1.29 is 27.5 Å². The summed E-state index contributed by atoms with van der Waals surface area (Å²) in [4.78, 5) is 27.1. The maximum Gasteiger partial charge on any atom is 0.280 e. The summed E-state index contributed by atoms with van der Waals surface area (Å²) in [6.07, 6.45) is 0. The number of carbonyl (C=O) groups is 2. The maximum absolute atomic E-state index is 14.0. The zero-order valence-corrected chi connectivity index (χ0v) is 18.9. The molecule has 0 spiro atoms. The summed E-state index contributed by atoms with van der Waals surface area (Å²) in [7, 11) is -2.87. The molecule has 2 N–H and O–H groups in total. The minimum atomic E-state index is -4.30. The van der Waals surface area contributed by atoms with Crippen LogP contribution >= 0.6 is 11.3 Å². The highest BCUT2D eigenvalue weighted by atomic mass is 32.2. The Balaban J connectivity index is 2.09. The SMILES string of the molecule is CCOc1ccccc1C1(C(N)=O)C(=O)N(S(=O)(=O)c2cccs2)c2ccc(OC)cc21. The van der Waals surface area contributed by atoms with Crippen molar-refractivity contribution in [3.8, 4) is 11.5 Å². The minimum absolute atomic E-state index is 0.0361. The minimum Gasteiger partial charge on any atom is -0.497 e. The Labute approximate surface area is 189 Å². The molecule has 2 aromatic carbocycles. The molecule has 10 heteroatoms. The van der Waals surface area contributed by atoms with Gasteiger partial charge in [0.15, 0.2) is 5.41 Å². The van der Waals surface area contributed by atoms with Gasteiger partial charge in [-0.25, -0.2) is 4.31 Å². The Kier molecular flexibility index (Phi) is 5.43. The van der Waals surface area contributed by atoms with Crippen LogP contribution in [0.2, 0.25) is 0 Å². The molecule has 1 unspecified atom stereocenters. The van der Waals surface area contributed by atoms with Gasteiger partial charge in [-0.15, -0.1) is 11.3 Å². The van der Waals surface area contributed by atoms with E-state index in [-0.39, 0.29) is 33.4 Å². The molecule has 0 fully saturated rings. The van der Waals surface area contributed by atoms with Gasteiger partial charge < -0.3 is 15.2 Å². The summed E-state index contributed by atoms with van der Waals surface area (Å²) in [5.74, 6) is -1.42. The number of methoxy groups -OCH3 is 1. The molecule has 1 atom stereocenters. The van der Waals surface area contributed by atoms with Crippen LogP contribution in [-0.2, 0) is 25.0 Å². The Morgan fingerprint density at radius 2 is 1.88 bits per heavy atom. The molecule has 2 heterocycles. The average Bonchev–Trinajstić information content (AvgIpc) is 3.40. The number of sulfonamides is 1. The molecular weight excluding hydrogens is 452 g/mol. The van der Waals surface area contributed by atoms with Crippen molar-refractivity contribution in [3.63, 3.8) is 0 Å². The van der Waals surface area contributed by atoms with Gasteiger partial charge in [-0.1, -0.05) is 24.3 Å². The number of anilines is 1. The smallest absolute Gasteiger partial charge is 0.280 e. The molecule has 4 rings (SSSR count). The largest absolute Gasteiger partial charge is 0.497 e. The predicted molar refractivity (Wildman–Crippen MR) is 120 cm³/mol. The number of thiophene rings is 1. The summed E-state index contributed by atoms with van der Waals surface area (Å²) in [5.41, 5.74) is 4.06. The van der Waals surface area contributed by atoms with Gasteiger partial charge in [0.2, 0.25) is 5.91 Å². The highest BCUT2D eigenvalue weighted by Gasteiger charge is 2.61. The van der Waals surface area contributed by atoms with E-state index >= 15 is 0 Å². The fourth-order valence-corrected chi connectivity index (χ4v) is 6.45. The molecule has 0 radical (unpaired) electrons. The number of para-hydroxylation sites is 1. The molecule has 1 aliphatic rings. The molecule has 1 aromatic heterocycles. The predicted octanol–water partition coefficient (Wildman–Crippen LogP) is 2.66. The van der Waals surface area contributed by atoms with Crippen molar-refractivity contribution in [1.29, 1.82) is 0 Å². The highest BCUT2D eigenvalue weighted by molar-refractivity contribution is 7.95. The molecule has 8 nitrogen and oxygen atoms in total. The van der Waals surface area contributed by atoms with E-state index in [0.717, 1.165) is 11.3 Å². The van der Waals surface area contributed by atoms with Gasteiger partial charge in [-0.05, 0) is 42.6 Å². The molecule has 32 heavy (non-hydrogen) atoms. The first kappa shape index (κ1) is 21.8. The molecule has 3 aromatic rings. The molecule has 0 saturated heterocycles. The third-order valence-electron chi connectivity index (χ3n) is 5.28. The Bertz CT molecular complexity index is 1300. The van der Waals surface area contributed by atoms with Crippen LogP contribution in [0.5, 0.6) is 11.5 Å². The monoisotopic (exact) mass is 472 g/mol. The van der Waals surface area contributed by atoms with Crippen molar-refractivity contribution in [1.82, 2.24) is 0 Å². The van der Waals surface area contributed by atoms with Crippen molar-refractivity contribution in [2.45, 2.75) is 16.5 Å². The second-order valence-electron chi connectivity index (χ2n) is 6.93. The van der Waals surface area contributed by atoms with E-state index in [9.17, 15) is 18.0 Å². The lowest BCUT2D eigenvalue weighted by atomic mass is 9.74. The van der Waals surface area contributed by atoms with E-state index in [1.54, 1.807) is 36.6 Å². The van der Waals surface area contributed by atoms with Gasteiger partial charge in [0.1, 0.15) is 15.7 Å². The van der Waals surface area contributed by atoms with E-state index in [4.69, 9.17) is 15.2 Å². The summed E-state index contributed by atoms with van der Waals surface area (Å²) >= 11 is 0.969. The van der Waals surface area contributed by atoms with Gasteiger partial charge in [0, 0.05) is 11.1 Å². The molecule has 166 valence electrons. The Hall–Kier alpha value is -3.37. The second-order valence-corrected chi connectivity index (χ2v) is 9.89. The van der Waals surface area contributed by atoms with Crippen LogP contribution in [0.15, 0.2) is 64.2 Å². The van der Waals surface area contributed by atoms with Crippen LogP contribution in [0.1, 0.15) is 18.1 Å². The zero-order valence-electron chi connectivity index (χ0n) is 17.3. The van der Waals surface area contributed by atoms with Gasteiger partial charge >= 0.3 is 0 Å². The fraction of sp³-hybridized carbons (Fsp3) is 0.182. The maximum atomic E-state index is 14.0. The average molecular weight is 473 g/mol. The van der Waals surface area contributed by atoms with Crippen molar-refractivity contribution >= 4 is 38.9 Å². The summed E-state index contributed by atoms with van der Waals surface area (Å²) < 4.78 is 38.5. The van der Waals surface area contributed by atoms with E-state index in [0.29, 0.717) is 10.1 Å².